The average Bonchev–Trinajstić information content (AvgIpc) is 3.14. The summed E-state index contributed by atoms with van der Waals surface area (Å²) in [6.45, 7) is 6.87. The Morgan fingerprint density at radius 3 is 2.12 bits per heavy atom. The Morgan fingerprint density at radius 2 is 1.54 bits per heavy atom. The van der Waals surface area contributed by atoms with Crippen molar-refractivity contribution in [3.63, 3.8) is 0 Å². The summed E-state index contributed by atoms with van der Waals surface area (Å²) in [5, 5.41) is 0. The van der Waals surface area contributed by atoms with Crippen LogP contribution in [0.1, 0.15) is 38.3 Å². The molecule has 1 fully saturated rings. The number of rotatable bonds is 3. The molecule has 0 bridgehead atoms. The largest absolute Gasteiger partial charge is 0.405 e. The standard InChI is InChI=1S/C22H23NO3/c1-20(2)14-21(3,25-15-20)22(17-12-8-5-9-13-17)19(24)26-18(23-22)16-10-6-4-7-11-16/h4-13H,14-15H2,1-3H3/t21-,22+/m1/s1. The number of hydrogen-bond acceptors (Lipinski definition) is 4. The van der Waals surface area contributed by atoms with E-state index in [1.165, 1.54) is 0 Å². The van der Waals surface area contributed by atoms with Crippen LogP contribution in [0.5, 0.6) is 0 Å². The molecular formula is C22H23NO3. The Balaban J connectivity index is 1.90. The fourth-order valence-electron chi connectivity index (χ4n) is 4.19. The Kier molecular flexibility index (Phi) is 3.77. The molecule has 2 aromatic rings. The molecule has 4 heteroatoms. The van der Waals surface area contributed by atoms with Gasteiger partial charge in [-0.25, -0.2) is 9.79 Å². The van der Waals surface area contributed by atoms with Crippen LogP contribution in [0.4, 0.5) is 0 Å². The zero-order chi connectivity index (χ0) is 18.4. The quantitative estimate of drug-likeness (QED) is 0.784. The second-order valence-corrected chi connectivity index (χ2v) is 8.11. The maximum Gasteiger partial charge on any atom is 0.348 e. The van der Waals surface area contributed by atoms with E-state index in [1.54, 1.807) is 0 Å². The molecule has 0 spiro atoms. The topological polar surface area (TPSA) is 47.9 Å². The highest BCUT2D eigenvalue weighted by molar-refractivity contribution is 6.08. The molecular weight excluding hydrogens is 326 g/mol. The van der Waals surface area contributed by atoms with E-state index in [2.05, 4.69) is 13.8 Å². The predicted octanol–water partition coefficient (Wildman–Crippen LogP) is 4.09. The molecule has 0 saturated carbocycles. The number of hydrogen-bond donors (Lipinski definition) is 0. The maximum absolute atomic E-state index is 13.3. The molecule has 134 valence electrons. The number of nitrogens with zero attached hydrogens (tertiary/aromatic N) is 1. The molecule has 2 aliphatic rings. The molecule has 2 atom stereocenters. The summed E-state index contributed by atoms with van der Waals surface area (Å²) in [6, 6.07) is 19.2. The van der Waals surface area contributed by atoms with Gasteiger partial charge in [-0.3, -0.25) is 0 Å². The van der Waals surface area contributed by atoms with Crippen LogP contribution in [0.25, 0.3) is 0 Å². The third kappa shape index (κ3) is 2.48. The van der Waals surface area contributed by atoms with Gasteiger partial charge < -0.3 is 9.47 Å². The van der Waals surface area contributed by atoms with Crippen molar-refractivity contribution in [1.29, 1.82) is 0 Å². The Bertz CT molecular complexity index is 859. The van der Waals surface area contributed by atoms with Gasteiger partial charge >= 0.3 is 5.97 Å². The van der Waals surface area contributed by atoms with E-state index in [-0.39, 0.29) is 11.4 Å². The minimum Gasteiger partial charge on any atom is -0.405 e. The minimum atomic E-state index is -1.20. The van der Waals surface area contributed by atoms with Gasteiger partial charge in [-0.05, 0) is 36.5 Å². The minimum absolute atomic E-state index is 0.0260. The van der Waals surface area contributed by atoms with Crippen molar-refractivity contribution in [2.24, 2.45) is 10.4 Å². The van der Waals surface area contributed by atoms with E-state index in [1.807, 2.05) is 67.6 Å². The predicted molar refractivity (Wildman–Crippen MR) is 99.9 cm³/mol. The summed E-state index contributed by atoms with van der Waals surface area (Å²) in [6.07, 6.45) is 0.718. The van der Waals surface area contributed by atoms with Crippen molar-refractivity contribution in [2.45, 2.75) is 38.3 Å². The summed E-state index contributed by atoms with van der Waals surface area (Å²) < 4.78 is 11.9. The van der Waals surface area contributed by atoms with E-state index >= 15 is 0 Å². The lowest BCUT2D eigenvalue weighted by atomic mass is 9.70. The van der Waals surface area contributed by atoms with Crippen LogP contribution in [0.15, 0.2) is 65.7 Å². The zero-order valence-corrected chi connectivity index (χ0v) is 15.4. The Labute approximate surface area is 153 Å². The van der Waals surface area contributed by atoms with Crippen LogP contribution in [0.2, 0.25) is 0 Å². The number of aliphatic imine (C=N–C) groups is 1. The highest BCUT2D eigenvalue weighted by Gasteiger charge is 2.64. The molecule has 2 aliphatic heterocycles. The molecule has 26 heavy (non-hydrogen) atoms. The number of esters is 1. The van der Waals surface area contributed by atoms with E-state index < -0.39 is 11.1 Å². The number of ether oxygens (including phenoxy) is 2. The second kappa shape index (κ2) is 5.78. The maximum atomic E-state index is 13.3. The van der Waals surface area contributed by atoms with E-state index in [0.717, 1.165) is 17.5 Å². The fraction of sp³-hybridized carbons (Fsp3) is 0.364. The van der Waals surface area contributed by atoms with Crippen molar-refractivity contribution >= 4 is 11.9 Å². The molecule has 1 saturated heterocycles. The Morgan fingerprint density at radius 1 is 0.923 bits per heavy atom. The molecule has 2 heterocycles. The first-order valence-corrected chi connectivity index (χ1v) is 8.93. The number of cyclic esters (lactones) is 1. The average molecular weight is 349 g/mol. The first-order chi connectivity index (χ1) is 12.4. The van der Waals surface area contributed by atoms with Gasteiger partial charge in [0.2, 0.25) is 11.4 Å². The van der Waals surface area contributed by atoms with Crippen molar-refractivity contribution in [2.75, 3.05) is 6.61 Å². The van der Waals surface area contributed by atoms with Crippen molar-refractivity contribution in [1.82, 2.24) is 0 Å². The van der Waals surface area contributed by atoms with Crippen molar-refractivity contribution < 1.29 is 14.3 Å². The Hall–Kier alpha value is -2.46. The van der Waals surface area contributed by atoms with Gasteiger partial charge in [0.15, 0.2) is 0 Å². The van der Waals surface area contributed by atoms with Gasteiger partial charge in [-0.1, -0.05) is 62.4 Å². The summed E-state index contributed by atoms with van der Waals surface area (Å²) in [5.41, 5.74) is -0.406. The first-order valence-electron chi connectivity index (χ1n) is 8.93. The van der Waals surface area contributed by atoms with Gasteiger partial charge in [-0.2, -0.15) is 0 Å². The molecule has 0 unspecified atom stereocenters. The van der Waals surface area contributed by atoms with Crippen LogP contribution >= 0.6 is 0 Å². The molecule has 0 aromatic heterocycles. The fourth-order valence-corrected chi connectivity index (χ4v) is 4.19. The van der Waals surface area contributed by atoms with Crippen LogP contribution in [0.3, 0.4) is 0 Å². The van der Waals surface area contributed by atoms with Crippen LogP contribution < -0.4 is 0 Å². The monoisotopic (exact) mass is 349 g/mol. The molecule has 0 radical (unpaired) electrons. The molecule has 4 nitrogen and oxygen atoms in total. The number of carbonyl (C=O) groups excluding carboxylic acids is 1. The molecule has 2 aromatic carbocycles. The molecule has 0 aliphatic carbocycles. The van der Waals surface area contributed by atoms with Gasteiger partial charge in [0.1, 0.15) is 5.60 Å². The lowest BCUT2D eigenvalue weighted by Gasteiger charge is -2.38. The summed E-state index contributed by atoms with van der Waals surface area (Å²) >= 11 is 0. The van der Waals surface area contributed by atoms with Crippen LogP contribution in [-0.4, -0.2) is 24.1 Å². The van der Waals surface area contributed by atoms with E-state index in [0.29, 0.717) is 12.5 Å². The smallest absolute Gasteiger partial charge is 0.348 e. The van der Waals surface area contributed by atoms with E-state index in [9.17, 15) is 4.79 Å². The van der Waals surface area contributed by atoms with Crippen molar-refractivity contribution in [3.8, 4) is 0 Å². The lowest BCUT2D eigenvalue weighted by molar-refractivity contribution is -0.150. The van der Waals surface area contributed by atoms with Gasteiger partial charge in [-0.15, -0.1) is 0 Å². The highest BCUT2D eigenvalue weighted by atomic mass is 16.6. The summed E-state index contributed by atoms with van der Waals surface area (Å²) in [4.78, 5) is 18.1. The normalized spacial score (nSPS) is 30.1. The van der Waals surface area contributed by atoms with Gasteiger partial charge in [0.25, 0.3) is 0 Å². The van der Waals surface area contributed by atoms with Crippen LogP contribution in [-0.2, 0) is 19.8 Å². The summed E-state index contributed by atoms with van der Waals surface area (Å²) in [5.74, 6) is -0.0169. The second-order valence-electron chi connectivity index (χ2n) is 8.11. The third-order valence-electron chi connectivity index (χ3n) is 5.33. The number of carbonyl (C=O) groups is 1. The summed E-state index contributed by atoms with van der Waals surface area (Å²) in [7, 11) is 0. The molecule has 0 amide bonds. The SMILES string of the molecule is CC1(C)CO[C@@](C)([C@@]2(c3ccccc3)N=C(c3ccccc3)OC2=O)C1. The zero-order valence-electron chi connectivity index (χ0n) is 15.4. The number of benzene rings is 2. The first kappa shape index (κ1) is 17.0. The van der Waals surface area contributed by atoms with Gasteiger partial charge in [0.05, 0.1) is 6.61 Å². The highest BCUT2D eigenvalue weighted by Crippen LogP contribution is 2.53. The van der Waals surface area contributed by atoms with Gasteiger partial charge in [0, 0.05) is 5.56 Å². The molecule has 0 N–H and O–H groups in total. The van der Waals surface area contributed by atoms with E-state index in [4.69, 9.17) is 14.5 Å². The molecule has 4 rings (SSSR count). The third-order valence-corrected chi connectivity index (χ3v) is 5.33. The lowest BCUT2D eigenvalue weighted by Crippen LogP contribution is -2.52. The van der Waals surface area contributed by atoms with Crippen molar-refractivity contribution in [3.05, 3.63) is 71.8 Å². The van der Waals surface area contributed by atoms with Crippen LogP contribution in [0, 0.1) is 5.41 Å².